The van der Waals surface area contributed by atoms with E-state index in [-0.39, 0.29) is 24.9 Å². The Balaban J connectivity index is 2.63. The first-order valence-corrected chi connectivity index (χ1v) is 6.39. The summed E-state index contributed by atoms with van der Waals surface area (Å²) in [6.45, 7) is -0.721. The Labute approximate surface area is 116 Å². The molecule has 0 bridgehead atoms. The van der Waals surface area contributed by atoms with Crippen molar-refractivity contribution < 1.29 is 24.3 Å². The zero-order valence-electron chi connectivity index (χ0n) is 11.1. The van der Waals surface area contributed by atoms with Gasteiger partial charge in [-0.1, -0.05) is 0 Å². The van der Waals surface area contributed by atoms with Gasteiger partial charge in [-0.15, -0.1) is 0 Å². The van der Waals surface area contributed by atoms with Gasteiger partial charge < -0.3 is 21.5 Å². The van der Waals surface area contributed by atoms with Gasteiger partial charge in [-0.25, -0.2) is 0 Å². The van der Waals surface area contributed by atoms with Crippen molar-refractivity contribution in [1.29, 1.82) is 0 Å². The predicted molar refractivity (Wildman–Crippen MR) is 68.1 cm³/mol. The number of primary amides is 2. The van der Waals surface area contributed by atoms with E-state index in [2.05, 4.69) is 0 Å². The van der Waals surface area contributed by atoms with Crippen molar-refractivity contribution in [2.45, 2.75) is 25.7 Å². The van der Waals surface area contributed by atoms with E-state index in [0.717, 1.165) is 4.90 Å². The highest BCUT2D eigenvalue weighted by molar-refractivity contribution is 5.89. The van der Waals surface area contributed by atoms with Gasteiger partial charge in [0.1, 0.15) is 0 Å². The van der Waals surface area contributed by atoms with E-state index in [4.69, 9.17) is 16.6 Å². The minimum Gasteiger partial charge on any atom is -0.481 e. The first-order valence-electron chi connectivity index (χ1n) is 6.39. The zero-order chi connectivity index (χ0) is 15.3. The summed E-state index contributed by atoms with van der Waals surface area (Å²) in [6, 6.07) is 0. The van der Waals surface area contributed by atoms with Gasteiger partial charge in [0.2, 0.25) is 17.7 Å². The molecular weight excluding hydrogens is 266 g/mol. The third-order valence-electron chi connectivity index (χ3n) is 3.43. The Morgan fingerprint density at radius 2 is 1.30 bits per heavy atom. The lowest BCUT2D eigenvalue weighted by Crippen LogP contribution is -2.46. The third kappa shape index (κ3) is 4.52. The lowest BCUT2D eigenvalue weighted by molar-refractivity contribution is -0.146. The van der Waals surface area contributed by atoms with Crippen molar-refractivity contribution in [1.82, 2.24) is 4.90 Å². The summed E-state index contributed by atoms with van der Waals surface area (Å²) in [6.07, 6.45) is 1.66. The Kier molecular flexibility index (Phi) is 5.48. The van der Waals surface area contributed by atoms with Crippen LogP contribution in [-0.2, 0) is 19.2 Å². The standard InChI is InChI=1S/C12H19N3O5/c13-9(16)5-15(6-10(14)17)11(18)7-1-3-8(4-2-7)12(19)20/h7-8H,1-6H2,(H2,13,16)(H2,14,17)(H,19,20). The Hall–Kier alpha value is -2.12. The molecule has 0 heterocycles. The number of rotatable bonds is 6. The summed E-state index contributed by atoms with van der Waals surface area (Å²) in [5.74, 6) is -3.49. The predicted octanol–water partition coefficient (Wildman–Crippen LogP) is -1.32. The van der Waals surface area contributed by atoms with Gasteiger partial charge in [0.25, 0.3) is 0 Å². The van der Waals surface area contributed by atoms with Crippen molar-refractivity contribution in [2.75, 3.05) is 13.1 Å². The van der Waals surface area contributed by atoms with Crippen LogP contribution < -0.4 is 11.5 Å². The van der Waals surface area contributed by atoms with E-state index in [1.54, 1.807) is 0 Å². The molecular formula is C12H19N3O5. The fourth-order valence-electron chi connectivity index (χ4n) is 2.43. The minimum absolute atomic E-state index is 0.360. The molecule has 112 valence electrons. The highest BCUT2D eigenvalue weighted by Gasteiger charge is 2.32. The first-order chi connectivity index (χ1) is 9.31. The third-order valence-corrected chi connectivity index (χ3v) is 3.43. The second-order valence-corrected chi connectivity index (χ2v) is 5.01. The number of amides is 3. The molecule has 0 aromatic heterocycles. The summed E-state index contributed by atoms with van der Waals surface area (Å²) in [7, 11) is 0. The molecule has 8 heteroatoms. The fraction of sp³-hybridized carbons (Fsp3) is 0.667. The number of aliphatic carboxylic acids is 1. The molecule has 0 unspecified atom stereocenters. The van der Waals surface area contributed by atoms with Crippen molar-refractivity contribution in [3.05, 3.63) is 0 Å². The van der Waals surface area contributed by atoms with E-state index >= 15 is 0 Å². The Bertz CT molecular complexity index is 399. The van der Waals surface area contributed by atoms with Gasteiger partial charge in [0, 0.05) is 5.92 Å². The molecule has 20 heavy (non-hydrogen) atoms. The second-order valence-electron chi connectivity index (χ2n) is 5.01. The van der Waals surface area contributed by atoms with Crippen LogP contribution in [0, 0.1) is 11.8 Å². The zero-order valence-corrected chi connectivity index (χ0v) is 11.1. The average molecular weight is 285 g/mol. The summed E-state index contributed by atoms with van der Waals surface area (Å²) in [5, 5.41) is 8.89. The lowest BCUT2D eigenvalue weighted by atomic mass is 9.81. The molecule has 0 spiro atoms. The van der Waals surface area contributed by atoms with Crippen LogP contribution in [0.1, 0.15) is 25.7 Å². The van der Waals surface area contributed by atoms with Crippen LogP contribution in [0.2, 0.25) is 0 Å². The summed E-state index contributed by atoms with van der Waals surface area (Å²) < 4.78 is 0. The van der Waals surface area contributed by atoms with Crippen LogP contribution in [0.3, 0.4) is 0 Å². The van der Waals surface area contributed by atoms with E-state index in [1.807, 2.05) is 0 Å². The monoisotopic (exact) mass is 285 g/mol. The smallest absolute Gasteiger partial charge is 0.306 e. The largest absolute Gasteiger partial charge is 0.481 e. The lowest BCUT2D eigenvalue weighted by Gasteiger charge is -2.29. The SMILES string of the molecule is NC(=O)CN(CC(N)=O)C(=O)C1CCC(C(=O)O)CC1. The molecule has 8 nitrogen and oxygen atoms in total. The summed E-state index contributed by atoms with van der Waals surface area (Å²) >= 11 is 0. The number of carbonyl (C=O) groups excluding carboxylic acids is 3. The highest BCUT2D eigenvalue weighted by Crippen LogP contribution is 2.30. The topological polar surface area (TPSA) is 144 Å². The van der Waals surface area contributed by atoms with E-state index in [9.17, 15) is 19.2 Å². The van der Waals surface area contributed by atoms with Crippen LogP contribution in [0.5, 0.6) is 0 Å². The molecule has 5 N–H and O–H groups in total. The van der Waals surface area contributed by atoms with Crippen molar-refractivity contribution in [2.24, 2.45) is 23.3 Å². The van der Waals surface area contributed by atoms with Crippen LogP contribution >= 0.6 is 0 Å². The van der Waals surface area contributed by atoms with E-state index in [1.165, 1.54) is 0 Å². The van der Waals surface area contributed by atoms with Crippen molar-refractivity contribution in [3.8, 4) is 0 Å². The molecule has 1 rings (SSSR count). The summed E-state index contributed by atoms with van der Waals surface area (Å²) in [5.41, 5.74) is 10.1. The quantitative estimate of drug-likeness (QED) is 0.554. The molecule has 1 aliphatic rings. The maximum absolute atomic E-state index is 12.2. The van der Waals surface area contributed by atoms with Gasteiger partial charge in [0.05, 0.1) is 19.0 Å². The van der Waals surface area contributed by atoms with Crippen LogP contribution in [0.4, 0.5) is 0 Å². The van der Waals surface area contributed by atoms with Gasteiger partial charge in [-0.05, 0) is 25.7 Å². The first kappa shape index (κ1) is 15.9. The summed E-state index contributed by atoms with van der Waals surface area (Å²) in [4.78, 5) is 45.9. The fourth-order valence-corrected chi connectivity index (χ4v) is 2.43. The number of carboxylic acids is 1. The van der Waals surface area contributed by atoms with E-state index < -0.39 is 23.7 Å². The normalized spacial score (nSPS) is 22.0. The van der Waals surface area contributed by atoms with Crippen molar-refractivity contribution >= 4 is 23.7 Å². The molecule has 3 amide bonds. The van der Waals surface area contributed by atoms with E-state index in [0.29, 0.717) is 25.7 Å². The molecule has 1 saturated carbocycles. The Morgan fingerprint density at radius 1 is 0.900 bits per heavy atom. The van der Waals surface area contributed by atoms with Gasteiger partial charge in [-0.2, -0.15) is 0 Å². The molecule has 0 aromatic rings. The van der Waals surface area contributed by atoms with Crippen LogP contribution in [0.15, 0.2) is 0 Å². The van der Waals surface area contributed by atoms with Gasteiger partial charge in [0.15, 0.2) is 0 Å². The van der Waals surface area contributed by atoms with Gasteiger partial charge >= 0.3 is 5.97 Å². The number of nitrogens with two attached hydrogens (primary N) is 2. The van der Waals surface area contributed by atoms with Crippen LogP contribution in [-0.4, -0.2) is 46.8 Å². The second kappa shape index (κ2) is 6.88. The maximum atomic E-state index is 12.2. The maximum Gasteiger partial charge on any atom is 0.306 e. The molecule has 0 aliphatic heterocycles. The number of carbonyl (C=O) groups is 4. The highest BCUT2D eigenvalue weighted by atomic mass is 16.4. The molecule has 0 atom stereocenters. The number of nitrogens with zero attached hydrogens (tertiary/aromatic N) is 1. The molecule has 0 saturated heterocycles. The number of carboxylic acid groups (broad SMARTS) is 1. The number of hydrogen-bond acceptors (Lipinski definition) is 4. The van der Waals surface area contributed by atoms with Gasteiger partial charge in [-0.3, -0.25) is 19.2 Å². The van der Waals surface area contributed by atoms with Crippen molar-refractivity contribution in [3.63, 3.8) is 0 Å². The molecule has 1 aliphatic carbocycles. The van der Waals surface area contributed by atoms with Crippen LogP contribution in [0.25, 0.3) is 0 Å². The number of hydrogen-bond donors (Lipinski definition) is 3. The minimum atomic E-state index is -0.859. The Morgan fingerprint density at radius 3 is 1.65 bits per heavy atom. The average Bonchev–Trinajstić information content (AvgIpc) is 2.36. The molecule has 1 fully saturated rings. The molecule has 0 aromatic carbocycles. The molecule has 0 radical (unpaired) electrons.